The lowest BCUT2D eigenvalue weighted by Crippen LogP contribution is -2.53. The van der Waals surface area contributed by atoms with Crippen molar-refractivity contribution in [3.63, 3.8) is 0 Å². The van der Waals surface area contributed by atoms with E-state index >= 15 is 0 Å². The van der Waals surface area contributed by atoms with Gasteiger partial charge in [-0.2, -0.15) is 0 Å². The molecule has 0 aliphatic carbocycles. The van der Waals surface area contributed by atoms with E-state index < -0.39 is 6.16 Å². The van der Waals surface area contributed by atoms with Crippen LogP contribution in [0.1, 0.15) is 0 Å². The standard InChI is InChI=1S/C4H9NO4/c6-4(7,8)9-3-1-5-2-3/h3,5-8H,1-2H2. The van der Waals surface area contributed by atoms with Gasteiger partial charge in [0.05, 0.1) is 6.10 Å². The lowest BCUT2D eigenvalue weighted by molar-refractivity contribution is -0.467. The zero-order chi connectivity index (χ0) is 6.91. The van der Waals surface area contributed by atoms with Crippen molar-refractivity contribution in [1.29, 1.82) is 0 Å². The molecule has 1 fully saturated rings. The average molecular weight is 135 g/mol. The molecular weight excluding hydrogens is 126 g/mol. The quantitative estimate of drug-likeness (QED) is 0.316. The van der Waals surface area contributed by atoms with Gasteiger partial charge in [-0.15, -0.1) is 0 Å². The zero-order valence-electron chi connectivity index (χ0n) is 4.74. The molecule has 5 nitrogen and oxygen atoms in total. The Bertz CT molecular complexity index is 95.2. The molecule has 9 heavy (non-hydrogen) atoms. The summed E-state index contributed by atoms with van der Waals surface area (Å²) in [6, 6.07) is 0. The first-order valence-electron chi connectivity index (χ1n) is 2.63. The van der Waals surface area contributed by atoms with Crippen molar-refractivity contribution < 1.29 is 20.1 Å². The number of nitrogens with one attached hydrogen (secondary N) is 1. The maximum atomic E-state index is 8.21. The van der Waals surface area contributed by atoms with Crippen LogP contribution in [0, 0.1) is 0 Å². The average Bonchev–Trinajstić information content (AvgIpc) is 1.53. The van der Waals surface area contributed by atoms with Crippen LogP contribution >= 0.6 is 0 Å². The summed E-state index contributed by atoms with van der Waals surface area (Å²) in [5.74, 6) is 0. The summed E-state index contributed by atoms with van der Waals surface area (Å²) in [7, 11) is 0. The largest absolute Gasteiger partial charge is 0.405 e. The minimum absolute atomic E-state index is 0.287. The van der Waals surface area contributed by atoms with Gasteiger partial charge in [0.2, 0.25) is 0 Å². The SMILES string of the molecule is OC(O)(O)OC1CNC1. The summed E-state index contributed by atoms with van der Waals surface area (Å²) in [6.07, 6.45) is -3.25. The zero-order valence-corrected chi connectivity index (χ0v) is 4.74. The third-order valence-corrected chi connectivity index (χ3v) is 1.07. The van der Waals surface area contributed by atoms with Crippen molar-refractivity contribution in [3.8, 4) is 0 Å². The molecule has 0 unspecified atom stereocenters. The second-order valence-electron chi connectivity index (χ2n) is 1.97. The minimum Gasteiger partial charge on any atom is -0.319 e. The molecule has 1 saturated heterocycles. The molecule has 0 aromatic rings. The molecule has 4 N–H and O–H groups in total. The molecule has 0 spiro atoms. The fourth-order valence-electron chi connectivity index (χ4n) is 0.569. The van der Waals surface area contributed by atoms with Gasteiger partial charge in [-0.05, 0) is 0 Å². The maximum absolute atomic E-state index is 8.21. The molecule has 5 heteroatoms. The van der Waals surface area contributed by atoms with Crippen LogP contribution in [0.4, 0.5) is 0 Å². The fraction of sp³-hybridized carbons (Fsp3) is 1.00. The molecule has 0 aromatic heterocycles. The Hall–Kier alpha value is -0.200. The summed E-state index contributed by atoms with van der Waals surface area (Å²) in [6.45, 7) is 1.09. The highest BCUT2D eigenvalue weighted by molar-refractivity contribution is 4.74. The van der Waals surface area contributed by atoms with Crippen molar-refractivity contribution in [2.24, 2.45) is 0 Å². The molecule has 0 atom stereocenters. The van der Waals surface area contributed by atoms with Crippen LogP contribution in [0.2, 0.25) is 0 Å². The van der Waals surface area contributed by atoms with Crippen LogP contribution in [-0.2, 0) is 4.74 Å². The topological polar surface area (TPSA) is 82.0 Å². The van der Waals surface area contributed by atoms with Gasteiger partial charge in [0, 0.05) is 13.1 Å². The molecular formula is C4H9NO4. The van der Waals surface area contributed by atoms with Gasteiger partial charge in [-0.1, -0.05) is 0 Å². The number of hydrogen-bond donors (Lipinski definition) is 4. The number of rotatable bonds is 2. The molecule has 0 aromatic carbocycles. The van der Waals surface area contributed by atoms with Crippen LogP contribution in [-0.4, -0.2) is 40.7 Å². The van der Waals surface area contributed by atoms with Crippen LogP contribution in [0.3, 0.4) is 0 Å². The fourth-order valence-corrected chi connectivity index (χ4v) is 0.569. The highest BCUT2D eigenvalue weighted by Crippen LogP contribution is 2.05. The highest BCUT2D eigenvalue weighted by atomic mass is 16.9. The van der Waals surface area contributed by atoms with Gasteiger partial charge in [-0.3, -0.25) is 4.74 Å². The van der Waals surface area contributed by atoms with Gasteiger partial charge in [-0.25, -0.2) is 0 Å². The number of aliphatic hydroxyl groups is 3. The molecule has 1 aliphatic rings. The van der Waals surface area contributed by atoms with E-state index in [4.69, 9.17) is 15.3 Å². The molecule has 0 radical (unpaired) electrons. The van der Waals surface area contributed by atoms with Gasteiger partial charge in [0.15, 0.2) is 0 Å². The summed E-state index contributed by atoms with van der Waals surface area (Å²) < 4.78 is 4.28. The van der Waals surface area contributed by atoms with Crippen molar-refractivity contribution in [1.82, 2.24) is 5.32 Å². The Morgan fingerprint density at radius 2 is 1.89 bits per heavy atom. The Labute approximate surface area is 51.9 Å². The molecule has 54 valence electrons. The third-order valence-electron chi connectivity index (χ3n) is 1.07. The lowest BCUT2D eigenvalue weighted by atomic mass is 10.2. The summed E-state index contributed by atoms with van der Waals surface area (Å²) >= 11 is 0. The summed E-state index contributed by atoms with van der Waals surface area (Å²) in [4.78, 5) is 0. The maximum Gasteiger partial charge on any atom is 0.405 e. The highest BCUT2D eigenvalue weighted by Gasteiger charge is 2.28. The van der Waals surface area contributed by atoms with Crippen LogP contribution in [0.25, 0.3) is 0 Å². The molecule has 1 rings (SSSR count). The predicted molar refractivity (Wildman–Crippen MR) is 27.1 cm³/mol. The Balaban J connectivity index is 2.16. The third kappa shape index (κ3) is 2.25. The van der Waals surface area contributed by atoms with Gasteiger partial charge >= 0.3 is 6.16 Å². The molecule has 1 heterocycles. The summed E-state index contributed by atoms with van der Waals surface area (Å²) in [5, 5.41) is 27.5. The first-order valence-corrected chi connectivity index (χ1v) is 2.63. The van der Waals surface area contributed by atoms with Crippen molar-refractivity contribution in [3.05, 3.63) is 0 Å². The number of hydrogen-bond acceptors (Lipinski definition) is 5. The normalized spacial score (nSPS) is 21.7. The van der Waals surface area contributed by atoms with Gasteiger partial charge < -0.3 is 20.6 Å². The van der Waals surface area contributed by atoms with E-state index in [1.807, 2.05) is 0 Å². The second-order valence-corrected chi connectivity index (χ2v) is 1.97. The van der Waals surface area contributed by atoms with E-state index in [0.29, 0.717) is 13.1 Å². The van der Waals surface area contributed by atoms with Crippen molar-refractivity contribution in [2.45, 2.75) is 12.3 Å². The predicted octanol–water partition coefficient (Wildman–Crippen LogP) is -2.44. The smallest absolute Gasteiger partial charge is 0.319 e. The van der Waals surface area contributed by atoms with E-state index in [9.17, 15) is 0 Å². The molecule has 0 amide bonds. The second kappa shape index (κ2) is 2.20. The molecule has 0 saturated carbocycles. The molecule has 1 aliphatic heterocycles. The Morgan fingerprint density at radius 1 is 1.33 bits per heavy atom. The van der Waals surface area contributed by atoms with Crippen LogP contribution in [0.5, 0.6) is 0 Å². The van der Waals surface area contributed by atoms with E-state index in [0.717, 1.165) is 0 Å². The van der Waals surface area contributed by atoms with E-state index in [2.05, 4.69) is 10.1 Å². The Morgan fingerprint density at radius 3 is 2.00 bits per heavy atom. The van der Waals surface area contributed by atoms with E-state index in [1.54, 1.807) is 0 Å². The van der Waals surface area contributed by atoms with E-state index in [1.165, 1.54) is 0 Å². The monoisotopic (exact) mass is 135 g/mol. The van der Waals surface area contributed by atoms with E-state index in [-0.39, 0.29) is 6.10 Å². The molecule has 0 bridgehead atoms. The number of ether oxygens (including phenoxy) is 1. The van der Waals surface area contributed by atoms with Crippen LogP contribution < -0.4 is 5.32 Å². The lowest BCUT2D eigenvalue weighted by Gasteiger charge is -2.30. The van der Waals surface area contributed by atoms with Crippen molar-refractivity contribution >= 4 is 0 Å². The van der Waals surface area contributed by atoms with Crippen LogP contribution in [0.15, 0.2) is 0 Å². The summed E-state index contributed by atoms with van der Waals surface area (Å²) in [5.41, 5.74) is 0. The Kier molecular flexibility index (Phi) is 1.69. The minimum atomic E-state index is -2.97. The first kappa shape index (κ1) is 6.91. The van der Waals surface area contributed by atoms with Crippen molar-refractivity contribution in [2.75, 3.05) is 13.1 Å². The first-order chi connectivity index (χ1) is 4.08. The van der Waals surface area contributed by atoms with Gasteiger partial charge in [0.1, 0.15) is 0 Å². The van der Waals surface area contributed by atoms with Gasteiger partial charge in [0.25, 0.3) is 0 Å².